The van der Waals surface area contributed by atoms with Gasteiger partial charge in [-0.2, -0.15) is 8.42 Å². The van der Waals surface area contributed by atoms with Gasteiger partial charge in [-0.25, -0.2) is 39.9 Å². The highest BCUT2D eigenvalue weighted by molar-refractivity contribution is 8.10. The number of aromatic nitrogens is 2. The van der Waals surface area contributed by atoms with Gasteiger partial charge in [0.15, 0.2) is 34.5 Å². The van der Waals surface area contributed by atoms with E-state index in [1.54, 1.807) is 0 Å². The van der Waals surface area contributed by atoms with Crippen LogP contribution in [-0.2, 0) is 39.5 Å². The van der Waals surface area contributed by atoms with Gasteiger partial charge in [0.05, 0.1) is 16.9 Å². The lowest BCUT2D eigenvalue weighted by Crippen LogP contribution is -2.56. The Morgan fingerprint density at radius 2 is 1.58 bits per heavy atom. The molecule has 2 aromatic heterocycles. The molecule has 4 rings (SSSR count). The van der Waals surface area contributed by atoms with Crippen LogP contribution in [0.1, 0.15) is 61.5 Å². The van der Waals surface area contributed by atoms with E-state index in [0.29, 0.717) is 31.8 Å². The summed E-state index contributed by atoms with van der Waals surface area (Å²) >= 11 is 0. The van der Waals surface area contributed by atoms with Gasteiger partial charge in [0.2, 0.25) is 4.20 Å². The van der Waals surface area contributed by atoms with Crippen LogP contribution in [0.4, 0.5) is 11.6 Å². The predicted octanol–water partition coefficient (Wildman–Crippen LogP) is 0.198. The van der Waals surface area contributed by atoms with Gasteiger partial charge >= 0.3 is 0 Å². The van der Waals surface area contributed by atoms with Crippen LogP contribution in [0.5, 0.6) is 0 Å². The number of rotatable bonds is 8. The molecule has 3 atom stereocenters. The van der Waals surface area contributed by atoms with Crippen molar-refractivity contribution in [3.05, 3.63) is 41.6 Å². The van der Waals surface area contributed by atoms with Crippen molar-refractivity contribution in [2.45, 2.75) is 66.0 Å². The first-order valence-electron chi connectivity index (χ1n) is 13.7. The molecule has 4 N–H and O–H groups in total. The van der Waals surface area contributed by atoms with E-state index in [4.69, 9.17) is 5.73 Å². The number of hydrogen-bond acceptors (Lipinski definition) is 14. The third-order valence-electron chi connectivity index (χ3n) is 8.43. The molecule has 0 spiro atoms. The van der Waals surface area contributed by atoms with Crippen LogP contribution in [0, 0.1) is 5.41 Å². The van der Waals surface area contributed by atoms with E-state index >= 15 is 0 Å². The van der Waals surface area contributed by atoms with Gasteiger partial charge in [-0.3, -0.25) is 4.79 Å². The number of sulfonamides is 1. The van der Waals surface area contributed by atoms with E-state index in [1.807, 2.05) is 18.6 Å². The summed E-state index contributed by atoms with van der Waals surface area (Å²) in [6.07, 6.45) is 1.86. The molecule has 2 unspecified atom stereocenters. The van der Waals surface area contributed by atoms with Crippen LogP contribution >= 0.6 is 0 Å². The Morgan fingerprint density at radius 1 is 0.956 bits per heavy atom. The van der Waals surface area contributed by atoms with Gasteiger partial charge in [-0.15, -0.1) is 0 Å². The van der Waals surface area contributed by atoms with Gasteiger partial charge in [0, 0.05) is 43.3 Å². The molecular weight excluding hydrogens is 671 g/mol. The molecule has 0 bridgehead atoms. The van der Waals surface area contributed by atoms with Crippen LogP contribution in [0.2, 0.25) is 0 Å². The van der Waals surface area contributed by atoms with Crippen LogP contribution < -0.4 is 15.4 Å². The highest BCUT2D eigenvalue weighted by Crippen LogP contribution is 2.47. The zero-order valence-corrected chi connectivity index (χ0v) is 28.6. The molecular formula is C26H37N5O10S4. The number of hydrogen-bond donors (Lipinski definition) is 3. The summed E-state index contributed by atoms with van der Waals surface area (Å²) in [4.78, 5) is 22.6. The number of nitrogens with zero attached hydrogens (tertiary/aromatic N) is 3. The van der Waals surface area contributed by atoms with Gasteiger partial charge < -0.3 is 15.7 Å². The molecule has 15 nitrogen and oxygen atoms in total. The number of anilines is 2. The third kappa shape index (κ3) is 6.68. The number of aliphatic hydroxyl groups excluding tert-OH is 1. The number of nitrogen functional groups attached to an aromatic ring is 1. The number of pyridine rings is 2. The fourth-order valence-corrected chi connectivity index (χ4v) is 12.5. The maximum Gasteiger partial charge on any atom is 0.281 e. The highest BCUT2D eigenvalue weighted by Gasteiger charge is 2.63. The fourth-order valence-electron chi connectivity index (χ4n) is 6.06. The van der Waals surface area contributed by atoms with E-state index in [1.165, 1.54) is 18.2 Å². The van der Waals surface area contributed by atoms with E-state index in [2.05, 4.69) is 9.97 Å². The Morgan fingerprint density at radius 3 is 2.13 bits per heavy atom. The van der Waals surface area contributed by atoms with Crippen molar-refractivity contribution in [2.24, 2.45) is 5.41 Å². The molecule has 1 saturated heterocycles. The number of carbonyl (C=O) groups is 1. The van der Waals surface area contributed by atoms with Crippen LogP contribution in [-0.4, -0.2) is 95.5 Å². The third-order valence-corrected chi connectivity index (χ3v) is 16.1. The SMILES string of the molecule is CC1(C)CCC(O)C(c2ccc(C(=O)NS(=O)(=O)c3cccc(N)n3)c(N3C[C@@H](S(C)(=O)=O)CC3(S(C)(=O)=O)S(C)(=O)=O)n2)C1. The maximum absolute atomic E-state index is 13.7. The lowest BCUT2D eigenvalue weighted by molar-refractivity contribution is 0.0549. The molecule has 2 aliphatic rings. The lowest BCUT2D eigenvalue weighted by Gasteiger charge is -2.39. The molecule has 250 valence electrons. The summed E-state index contributed by atoms with van der Waals surface area (Å²) in [6.45, 7) is 3.27. The van der Waals surface area contributed by atoms with E-state index in [9.17, 15) is 43.6 Å². The zero-order valence-electron chi connectivity index (χ0n) is 25.3. The summed E-state index contributed by atoms with van der Waals surface area (Å²) in [5.74, 6) is -2.67. The molecule has 2 fully saturated rings. The quantitative estimate of drug-likeness (QED) is 0.332. The Kier molecular flexibility index (Phi) is 8.89. The Labute approximate surface area is 263 Å². The molecule has 1 saturated carbocycles. The predicted molar refractivity (Wildman–Crippen MR) is 167 cm³/mol. The van der Waals surface area contributed by atoms with Crippen molar-refractivity contribution in [2.75, 3.05) is 35.9 Å². The average molecular weight is 708 g/mol. The fraction of sp³-hybridized carbons (Fsp3) is 0.577. The van der Waals surface area contributed by atoms with Crippen molar-refractivity contribution in [3.8, 4) is 0 Å². The molecule has 3 heterocycles. The Bertz CT molecular complexity index is 1930. The first-order valence-corrected chi connectivity index (χ1v) is 21.0. The molecule has 19 heteroatoms. The van der Waals surface area contributed by atoms with Crippen molar-refractivity contribution < 1.29 is 43.6 Å². The minimum atomic E-state index is -4.69. The minimum absolute atomic E-state index is 0.152. The topological polar surface area (TPSA) is 241 Å². The summed E-state index contributed by atoms with van der Waals surface area (Å²) in [6, 6.07) is 6.21. The molecule has 0 aromatic carbocycles. The number of carbonyl (C=O) groups excluding carboxylic acids is 1. The van der Waals surface area contributed by atoms with E-state index in [-0.39, 0.29) is 16.9 Å². The van der Waals surface area contributed by atoms with Gasteiger partial charge in [-0.05, 0) is 48.9 Å². The van der Waals surface area contributed by atoms with Crippen molar-refractivity contribution >= 4 is 57.1 Å². The average Bonchev–Trinajstić information content (AvgIpc) is 3.33. The first-order chi connectivity index (χ1) is 20.4. The van der Waals surface area contributed by atoms with Gasteiger partial charge in [0.1, 0.15) is 11.6 Å². The van der Waals surface area contributed by atoms with Crippen LogP contribution in [0.3, 0.4) is 0 Å². The van der Waals surface area contributed by atoms with E-state index in [0.717, 1.165) is 23.3 Å². The van der Waals surface area contributed by atoms with Crippen molar-refractivity contribution in [3.63, 3.8) is 0 Å². The molecule has 2 aromatic rings. The second-order valence-electron chi connectivity index (χ2n) is 12.5. The molecule has 1 aliphatic heterocycles. The summed E-state index contributed by atoms with van der Waals surface area (Å²) in [5, 5.41) is 8.79. The van der Waals surface area contributed by atoms with Gasteiger partial charge in [0.25, 0.3) is 15.9 Å². The second-order valence-corrected chi connectivity index (χ2v) is 21.2. The summed E-state index contributed by atoms with van der Waals surface area (Å²) in [5.41, 5.74) is 4.98. The standard InChI is InChI=1S/C26H37N5O10S4/c1-25(2)12-11-20(32)18(14-25)19-10-9-17(24(33)30-45(40,41)22-8-6-7-21(27)29-22)23(28-19)31-15-16(42(3,34)35)13-26(31,43(4,36)37)44(5,38)39/h6-10,16,18,20,32H,11-15H2,1-5H3,(H2,27,29)(H,30,33)/t16-,18?,20?/m0/s1. The normalized spacial score (nSPS) is 23.9. The van der Waals surface area contributed by atoms with Crippen LogP contribution in [0.15, 0.2) is 35.4 Å². The lowest BCUT2D eigenvalue weighted by atomic mass is 9.70. The Balaban J connectivity index is 1.98. The number of sulfone groups is 3. The number of nitrogens with two attached hydrogens (primary N) is 1. The smallest absolute Gasteiger partial charge is 0.281 e. The molecule has 1 aliphatic carbocycles. The van der Waals surface area contributed by atoms with Crippen molar-refractivity contribution in [1.82, 2.24) is 14.7 Å². The molecule has 1 amide bonds. The zero-order chi connectivity index (χ0) is 34.0. The summed E-state index contributed by atoms with van der Waals surface area (Å²) in [7, 11) is -18.1. The Hall–Kier alpha value is -2.87. The van der Waals surface area contributed by atoms with E-state index < -0.39 is 96.3 Å². The van der Waals surface area contributed by atoms with Crippen molar-refractivity contribution in [1.29, 1.82) is 0 Å². The highest BCUT2D eigenvalue weighted by atomic mass is 32.3. The monoisotopic (exact) mass is 707 g/mol. The molecule has 0 radical (unpaired) electrons. The number of aliphatic hydroxyl groups is 1. The summed E-state index contributed by atoms with van der Waals surface area (Å²) < 4.78 is 104. The molecule has 45 heavy (non-hydrogen) atoms. The first kappa shape index (κ1) is 35.0. The largest absolute Gasteiger partial charge is 0.392 e. The number of amides is 1. The number of nitrogens with one attached hydrogen (secondary N) is 1. The second kappa shape index (κ2) is 11.4. The van der Waals surface area contributed by atoms with Crippen LogP contribution in [0.25, 0.3) is 0 Å². The maximum atomic E-state index is 13.7. The minimum Gasteiger partial charge on any atom is -0.392 e. The van der Waals surface area contributed by atoms with Gasteiger partial charge in [-0.1, -0.05) is 19.9 Å².